The van der Waals surface area contributed by atoms with Crippen molar-refractivity contribution in [1.29, 1.82) is 0 Å². The minimum absolute atomic E-state index is 0.0127. The first-order chi connectivity index (χ1) is 9.25. The van der Waals surface area contributed by atoms with Gasteiger partial charge in [-0.05, 0) is 37.6 Å². The van der Waals surface area contributed by atoms with Crippen LogP contribution < -0.4 is 10.1 Å². The molecule has 112 valence electrons. The number of aryl methyl sites for hydroxylation is 1. The van der Waals surface area contributed by atoms with Gasteiger partial charge in [-0.25, -0.2) is 0 Å². The number of halogens is 1. The van der Waals surface area contributed by atoms with E-state index < -0.39 is 6.10 Å². The molecule has 0 aliphatic carbocycles. The fraction of sp³-hybridized carbons (Fsp3) is 0.533. The Hall–Kier alpha value is -1.26. The topological polar surface area (TPSA) is 58.6 Å². The van der Waals surface area contributed by atoms with E-state index in [1.54, 1.807) is 25.1 Å². The maximum absolute atomic E-state index is 11.9. The summed E-state index contributed by atoms with van der Waals surface area (Å²) in [5.74, 6) is 0.430. The molecule has 0 heterocycles. The second kappa shape index (κ2) is 6.95. The summed E-state index contributed by atoms with van der Waals surface area (Å²) in [4.78, 5) is 11.9. The number of amides is 1. The van der Waals surface area contributed by atoms with Gasteiger partial charge in [-0.1, -0.05) is 25.4 Å². The van der Waals surface area contributed by atoms with Crippen LogP contribution >= 0.6 is 11.6 Å². The van der Waals surface area contributed by atoms with Gasteiger partial charge in [0.2, 0.25) is 0 Å². The van der Waals surface area contributed by atoms with Crippen LogP contribution in [0.4, 0.5) is 0 Å². The van der Waals surface area contributed by atoms with Crippen molar-refractivity contribution in [1.82, 2.24) is 5.32 Å². The number of carbonyl (C=O) groups excluding carboxylic acids is 1. The first kappa shape index (κ1) is 16.8. The third-order valence-electron chi connectivity index (χ3n) is 2.98. The molecule has 0 spiro atoms. The highest BCUT2D eigenvalue weighted by atomic mass is 35.5. The Bertz CT molecular complexity index is 474. The fourth-order valence-electron chi connectivity index (χ4n) is 1.52. The molecule has 0 aromatic heterocycles. The number of ether oxygens (including phenoxy) is 1. The Labute approximate surface area is 125 Å². The van der Waals surface area contributed by atoms with Gasteiger partial charge in [-0.15, -0.1) is 0 Å². The van der Waals surface area contributed by atoms with Crippen LogP contribution in [0.5, 0.6) is 5.75 Å². The van der Waals surface area contributed by atoms with Crippen molar-refractivity contribution >= 4 is 17.5 Å². The quantitative estimate of drug-likeness (QED) is 0.849. The Kier molecular flexibility index (Phi) is 5.84. The predicted octanol–water partition coefficient (Wildman–Crippen LogP) is 2.55. The Morgan fingerprint density at radius 1 is 1.50 bits per heavy atom. The lowest BCUT2D eigenvalue weighted by Gasteiger charge is -2.23. The zero-order valence-electron chi connectivity index (χ0n) is 12.4. The zero-order chi connectivity index (χ0) is 15.3. The third-order valence-corrected chi connectivity index (χ3v) is 3.21. The van der Waals surface area contributed by atoms with Crippen molar-refractivity contribution in [2.45, 2.75) is 33.8 Å². The van der Waals surface area contributed by atoms with E-state index in [4.69, 9.17) is 21.4 Å². The molecule has 0 aliphatic rings. The van der Waals surface area contributed by atoms with Gasteiger partial charge >= 0.3 is 0 Å². The third kappa shape index (κ3) is 5.02. The molecule has 0 bridgehead atoms. The molecule has 5 heteroatoms. The summed E-state index contributed by atoms with van der Waals surface area (Å²) < 4.78 is 5.63. The lowest BCUT2D eigenvalue weighted by atomic mass is 9.95. The fourth-order valence-corrected chi connectivity index (χ4v) is 1.74. The van der Waals surface area contributed by atoms with Crippen LogP contribution in [0.1, 0.15) is 26.3 Å². The standard InChI is InChI=1S/C15H22ClNO3/c1-10-7-12(16)5-6-13(10)20-11(2)14(19)17-8-15(3,4)9-18/h5-7,11,18H,8-9H2,1-4H3,(H,17,19). The van der Waals surface area contributed by atoms with E-state index >= 15 is 0 Å². The van der Waals surface area contributed by atoms with Gasteiger partial charge < -0.3 is 15.2 Å². The Morgan fingerprint density at radius 3 is 2.70 bits per heavy atom. The summed E-state index contributed by atoms with van der Waals surface area (Å²) in [7, 11) is 0. The second-order valence-corrected chi connectivity index (χ2v) is 6.15. The Morgan fingerprint density at radius 2 is 2.15 bits per heavy atom. The first-order valence-corrected chi connectivity index (χ1v) is 6.94. The summed E-state index contributed by atoms with van der Waals surface area (Å²) >= 11 is 5.87. The minimum atomic E-state index is -0.607. The molecule has 0 fully saturated rings. The smallest absolute Gasteiger partial charge is 0.260 e. The van der Waals surface area contributed by atoms with E-state index in [1.807, 2.05) is 20.8 Å². The van der Waals surface area contributed by atoms with Crippen LogP contribution in [-0.2, 0) is 4.79 Å². The highest BCUT2D eigenvalue weighted by Crippen LogP contribution is 2.22. The van der Waals surface area contributed by atoms with Gasteiger partial charge in [-0.3, -0.25) is 4.79 Å². The average molecular weight is 300 g/mol. The minimum Gasteiger partial charge on any atom is -0.481 e. The van der Waals surface area contributed by atoms with Crippen LogP contribution in [0.15, 0.2) is 18.2 Å². The molecular formula is C15H22ClNO3. The van der Waals surface area contributed by atoms with Gasteiger partial charge in [0.25, 0.3) is 5.91 Å². The molecule has 0 aliphatic heterocycles. The number of nitrogens with one attached hydrogen (secondary N) is 1. The summed E-state index contributed by atoms with van der Waals surface area (Å²) in [6.45, 7) is 7.73. The number of aliphatic hydroxyl groups is 1. The number of hydrogen-bond donors (Lipinski definition) is 2. The van der Waals surface area contributed by atoms with Crippen LogP contribution in [0.25, 0.3) is 0 Å². The number of benzene rings is 1. The molecule has 1 aromatic rings. The second-order valence-electron chi connectivity index (χ2n) is 5.71. The number of carbonyl (C=O) groups is 1. The summed E-state index contributed by atoms with van der Waals surface area (Å²) in [5.41, 5.74) is 0.541. The van der Waals surface area contributed by atoms with Gasteiger partial charge in [-0.2, -0.15) is 0 Å². The predicted molar refractivity (Wildman–Crippen MR) is 80.2 cm³/mol. The molecule has 1 rings (SSSR count). The summed E-state index contributed by atoms with van der Waals surface area (Å²) in [5, 5.41) is 12.6. The van der Waals surface area contributed by atoms with Crippen LogP contribution in [0.3, 0.4) is 0 Å². The van der Waals surface area contributed by atoms with Crippen molar-refractivity contribution in [3.63, 3.8) is 0 Å². The van der Waals surface area contributed by atoms with E-state index in [0.29, 0.717) is 17.3 Å². The van der Waals surface area contributed by atoms with Crippen molar-refractivity contribution in [3.8, 4) is 5.75 Å². The maximum Gasteiger partial charge on any atom is 0.260 e. The molecule has 4 nitrogen and oxygen atoms in total. The normalized spacial score (nSPS) is 12.9. The molecule has 0 radical (unpaired) electrons. The molecule has 0 saturated heterocycles. The number of aliphatic hydroxyl groups excluding tert-OH is 1. The van der Waals surface area contributed by atoms with Gasteiger partial charge in [0.1, 0.15) is 5.75 Å². The molecule has 1 unspecified atom stereocenters. The average Bonchev–Trinajstić information content (AvgIpc) is 2.39. The van der Waals surface area contributed by atoms with E-state index in [0.717, 1.165) is 5.56 Å². The lowest BCUT2D eigenvalue weighted by Crippen LogP contribution is -2.42. The van der Waals surface area contributed by atoms with Gasteiger partial charge in [0.15, 0.2) is 6.10 Å². The van der Waals surface area contributed by atoms with E-state index in [1.165, 1.54) is 0 Å². The monoisotopic (exact) mass is 299 g/mol. The highest BCUT2D eigenvalue weighted by molar-refractivity contribution is 6.30. The Balaban J connectivity index is 2.57. The van der Waals surface area contributed by atoms with Crippen LogP contribution in [-0.4, -0.2) is 30.3 Å². The zero-order valence-corrected chi connectivity index (χ0v) is 13.1. The van der Waals surface area contributed by atoms with E-state index in [9.17, 15) is 4.79 Å². The molecule has 2 N–H and O–H groups in total. The first-order valence-electron chi connectivity index (χ1n) is 6.56. The van der Waals surface area contributed by atoms with Crippen molar-refractivity contribution in [2.24, 2.45) is 5.41 Å². The molecule has 1 aromatic carbocycles. The lowest BCUT2D eigenvalue weighted by molar-refractivity contribution is -0.127. The van der Waals surface area contributed by atoms with Gasteiger partial charge in [0.05, 0.1) is 0 Å². The summed E-state index contributed by atoms with van der Waals surface area (Å²) in [6, 6.07) is 5.26. The molecule has 1 atom stereocenters. The van der Waals surface area contributed by atoms with Crippen LogP contribution in [0, 0.1) is 12.3 Å². The van der Waals surface area contributed by atoms with Crippen molar-refractivity contribution in [3.05, 3.63) is 28.8 Å². The van der Waals surface area contributed by atoms with Crippen molar-refractivity contribution in [2.75, 3.05) is 13.2 Å². The maximum atomic E-state index is 11.9. The van der Waals surface area contributed by atoms with E-state index in [-0.39, 0.29) is 17.9 Å². The molecule has 0 saturated carbocycles. The summed E-state index contributed by atoms with van der Waals surface area (Å²) in [6.07, 6.45) is -0.607. The largest absolute Gasteiger partial charge is 0.481 e. The number of hydrogen-bond acceptors (Lipinski definition) is 3. The molecule has 20 heavy (non-hydrogen) atoms. The van der Waals surface area contributed by atoms with E-state index in [2.05, 4.69) is 5.32 Å². The SMILES string of the molecule is Cc1cc(Cl)ccc1OC(C)C(=O)NCC(C)(C)CO. The molecule has 1 amide bonds. The highest BCUT2D eigenvalue weighted by Gasteiger charge is 2.21. The molecular weight excluding hydrogens is 278 g/mol. The number of rotatable bonds is 6. The van der Waals surface area contributed by atoms with Crippen molar-refractivity contribution < 1.29 is 14.6 Å². The van der Waals surface area contributed by atoms with Crippen LogP contribution in [0.2, 0.25) is 5.02 Å². The van der Waals surface area contributed by atoms with Gasteiger partial charge in [0, 0.05) is 23.6 Å².